The van der Waals surface area contributed by atoms with E-state index in [-0.39, 0.29) is 0 Å². The zero-order chi connectivity index (χ0) is 13.2. The quantitative estimate of drug-likeness (QED) is 0.586. The fraction of sp³-hybridized carbons (Fsp3) is 0.188. The highest BCUT2D eigenvalue weighted by molar-refractivity contribution is 14.1. The number of para-hydroxylation sites is 1. The van der Waals surface area contributed by atoms with Crippen LogP contribution in [0.4, 0.5) is 5.69 Å². The Balaban J connectivity index is 2.11. The van der Waals surface area contributed by atoms with Crippen molar-refractivity contribution in [3.8, 4) is 5.75 Å². The van der Waals surface area contributed by atoms with Gasteiger partial charge in [-0.2, -0.15) is 4.58 Å². The van der Waals surface area contributed by atoms with Gasteiger partial charge in [0.15, 0.2) is 12.8 Å². The van der Waals surface area contributed by atoms with Crippen molar-refractivity contribution < 1.29 is 9.31 Å². The Morgan fingerprint density at radius 2 is 1.95 bits per heavy atom. The molecule has 0 aliphatic carbocycles. The minimum Gasteiger partial charge on any atom is -0.496 e. The van der Waals surface area contributed by atoms with Crippen LogP contribution >= 0.6 is 22.6 Å². The van der Waals surface area contributed by atoms with Gasteiger partial charge in [-0.05, 0) is 40.3 Å². The van der Waals surface area contributed by atoms with Crippen molar-refractivity contribution in [3.05, 3.63) is 57.2 Å². The van der Waals surface area contributed by atoms with Crippen molar-refractivity contribution in [1.29, 1.82) is 0 Å². The second kappa shape index (κ2) is 5.33. The molecule has 2 aromatic rings. The van der Waals surface area contributed by atoms with Gasteiger partial charge in [0.25, 0.3) is 0 Å². The molecule has 0 radical (unpaired) electrons. The third kappa shape index (κ3) is 2.39. The maximum absolute atomic E-state index is 5.47. The summed E-state index contributed by atoms with van der Waals surface area (Å²) in [7, 11) is 1.73. The molecule has 1 aliphatic heterocycles. The maximum Gasteiger partial charge on any atom is 0.218 e. The first-order valence-electron chi connectivity index (χ1n) is 6.31. The van der Waals surface area contributed by atoms with Gasteiger partial charge in [0, 0.05) is 12.5 Å². The van der Waals surface area contributed by atoms with Crippen molar-refractivity contribution in [1.82, 2.24) is 0 Å². The van der Waals surface area contributed by atoms with E-state index in [1.54, 1.807) is 7.11 Å². The summed E-state index contributed by atoms with van der Waals surface area (Å²) < 4.78 is 9.05. The molecule has 3 heteroatoms. The standard InChI is InChI=1S/C16H15INO/c1-19-16-8-4-5-12-9-10-18(11-13(12)16)15-7-3-2-6-14(15)17/h2-8,11H,9-10H2,1H3/q+1. The molecule has 0 atom stereocenters. The molecular formula is C16H15INO+. The lowest BCUT2D eigenvalue weighted by molar-refractivity contribution is -0.437. The molecular weight excluding hydrogens is 349 g/mol. The normalized spacial score (nSPS) is 13.7. The highest BCUT2D eigenvalue weighted by Gasteiger charge is 2.22. The molecule has 1 aliphatic rings. The number of halogens is 1. The van der Waals surface area contributed by atoms with E-state index in [0.29, 0.717) is 0 Å². The predicted octanol–water partition coefficient (Wildman–Crippen LogP) is 3.62. The molecule has 3 rings (SSSR count). The van der Waals surface area contributed by atoms with E-state index in [1.807, 2.05) is 6.07 Å². The van der Waals surface area contributed by atoms with Crippen molar-refractivity contribution >= 4 is 34.5 Å². The zero-order valence-electron chi connectivity index (χ0n) is 10.8. The fourth-order valence-corrected chi connectivity index (χ4v) is 3.17. The summed E-state index contributed by atoms with van der Waals surface area (Å²) in [6, 6.07) is 14.7. The minimum absolute atomic E-state index is 0.952. The van der Waals surface area contributed by atoms with Gasteiger partial charge in [-0.3, -0.25) is 0 Å². The Kier molecular flexibility index (Phi) is 3.55. The van der Waals surface area contributed by atoms with Crippen molar-refractivity contribution in [2.75, 3.05) is 13.7 Å². The topological polar surface area (TPSA) is 12.2 Å². The molecule has 0 unspecified atom stereocenters. The van der Waals surface area contributed by atoms with Gasteiger partial charge in [-0.1, -0.05) is 24.3 Å². The van der Waals surface area contributed by atoms with Gasteiger partial charge in [-0.15, -0.1) is 0 Å². The molecule has 0 saturated carbocycles. The average molecular weight is 364 g/mol. The molecule has 2 nitrogen and oxygen atoms in total. The summed E-state index contributed by atoms with van der Waals surface area (Å²) in [5, 5.41) is 0. The van der Waals surface area contributed by atoms with E-state index in [1.165, 1.54) is 20.4 Å². The predicted molar refractivity (Wildman–Crippen MR) is 85.8 cm³/mol. The smallest absolute Gasteiger partial charge is 0.218 e. The van der Waals surface area contributed by atoms with Crippen LogP contribution in [0.15, 0.2) is 42.5 Å². The zero-order valence-corrected chi connectivity index (χ0v) is 12.9. The van der Waals surface area contributed by atoms with Gasteiger partial charge in [0.05, 0.1) is 16.2 Å². The number of nitrogens with zero attached hydrogens (tertiary/aromatic N) is 1. The molecule has 0 spiro atoms. The van der Waals surface area contributed by atoms with Gasteiger partial charge in [-0.25, -0.2) is 0 Å². The Labute approximate surface area is 126 Å². The summed E-state index contributed by atoms with van der Waals surface area (Å²) in [4.78, 5) is 0. The highest BCUT2D eigenvalue weighted by atomic mass is 127. The second-order valence-electron chi connectivity index (χ2n) is 4.56. The second-order valence-corrected chi connectivity index (χ2v) is 5.72. The van der Waals surface area contributed by atoms with Crippen LogP contribution in [0.2, 0.25) is 0 Å². The first-order valence-corrected chi connectivity index (χ1v) is 7.39. The summed E-state index contributed by atoms with van der Waals surface area (Å²) in [5.41, 5.74) is 3.83. The molecule has 0 N–H and O–H groups in total. The van der Waals surface area contributed by atoms with Crippen LogP contribution in [0.25, 0.3) is 0 Å². The van der Waals surface area contributed by atoms with Crippen molar-refractivity contribution in [2.24, 2.45) is 0 Å². The van der Waals surface area contributed by atoms with Crippen LogP contribution in [-0.4, -0.2) is 24.4 Å². The van der Waals surface area contributed by atoms with E-state index in [4.69, 9.17) is 4.74 Å². The third-order valence-electron chi connectivity index (χ3n) is 3.45. The molecule has 96 valence electrons. The number of benzene rings is 2. The molecule has 19 heavy (non-hydrogen) atoms. The van der Waals surface area contributed by atoms with Crippen LogP contribution in [-0.2, 0) is 6.42 Å². The number of rotatable bonds is 2. The molecule has 2 aromatic carbocycles. The first kappa shape index (κ1) is 12.7. The van der Waals surface area contributed by atoms with Crippen LogP contribution in [0, 0.1) is 3.57 Å². The Bertz CT molecular complexity index is 649. The monoisotopic (exact) mass is 364 g/mol. The Morgan fingerprint density at radius 1 is 1.11 bits per heavy atom. The molecule has 0 fully saturated rings. The lowest BCUT2D eigenvalue weighted by Gasteiger charge is -2.15. The largest absolute Gasteiger partial charge is 0.496 e. The van der Waals surface area contributed by atoms with E-state index >= 15 is 0 Å². The summed E-state index contributed by atoms with van der Waals surface area (Å²) in [5.74, 6) is 0.952. The number of hydrogen-bond acceptors (Lipinski definition) is 1. The SMILES string of the molecule is COc1cccc2c1C=[N+](c1ccccc1I)CC2. The van der Waals surface area contributed by atoms with Gasteiger partial charge >= 0.3 is 0 Å². The number of hydrogen-bond donors (Lipinski definition) is 0. The highest BCUT2D eigenvalue weighted by Crippen LogP contribution is 2.27. The van der Waals surface area contributed by atoms with Crippen LogP contribution in [0.3, 0.4) is 0 Å². The Morgan fingerprint density at radius 3 is 2.74 bits per heavy atom. The summed E-state index contributed by atoms with van der Waals surface area (Å²) in [6.45, 7) is 1.01. The molecule has 0 aromatic heterocycles. The summed E-state index contributed by atoms with van der Waals surface area (Å²) >= 11 is 2.39. The fourth-order valence-electron chi connectivity index (χ4n) is 2.47. The number of ether oxygens (including phenoxy) is 1. The molecule has 0 amide bonds. The van der Waals surface area contributed by atoms with Gasteiger partial charge in [0.1, 0.15) is 5.75 Å². The van der Waals surface area contributed by atoms with E-state index in [2.05, 4.69) is 69.8 Å². The molecule has 1 heterocycles. The lowest BCUT2D eigenvalue weighted by atomic mass is 10.0. The van der Waals surface area contributed by atoms with Gasteiger partial charge < -0.3 is 4.74 Å². The number of methoxy groups -OCH3 is 1. The van der Waals surface area contributed by atoms with Crippen molar-refractivity contribution in [2.45, 2.75) is 6.42 Å². The van der Waals surface area contributed by atoms with Crippen LogP contribution in [0.1, 0.15) is 11.1 Å². The average Bonchev–Trinajstić information content (AvgIpc) is 2.46. The van der Waals surface area contributed by atoms with Gasteiger partial charge in [0.2, 0.25) is 5.69 Å². The van der Waals surface area contributed by atoms with E-state index < -0.39 is 0 Å². The van der Waals surface area contributed by atoms with Crippen molar-refractivity contribution in [3.63, 3.8) is 0 Å². The van der Waals surface area contributed by atoms with Crippen LogP contribution in [0.5, 0.6) is 5.75 Å². The summed E-state index contributed by atoms with van der Waals surface area (Å²) in [6.07, 6.45) is 3.25. The van der Waals surface area contributed by atoms with E-state index in [0.717, 1.165) is 18.7 Å². The number of fused-ring (bicyclic) bond motifs is 1. The minimum atomic E-state index is 0.952. The molecule has 0 bridgehead atoms. The Hall–Kier alpha value is -1.36. The lowest BCUT2D eigenvalue weighted by Crippen LogP contribution is -2.19. The third-order valence-corrected chi connectivity index (χ3v) is 4.36. The van der Waals surface area contributed by atoms with Crippen LogP contribution < -0.4 is 4.74 Å². The first-order chi connectivity index (χ1) is 9.29. The maximum atomic E-state index is 5.47. The van der Waals surface area contributed by atoms with E-state index in [9.17, 15) is 0 Å². The molecule has 0 saturated heterocycles.